The SMILES string of the molecule is COc1ccc(CCNC(N)=NCCCCOc2ccc(C)cc2)cc1OC.I. The number of hydrogen-bond acceptors (Lipinski definition) is 4. The number of nitrogens with zero attached hydrogens (tertiary/aromatic N) is 1. The second-order valence-electron chi connectivity index (χ2n) is 6.50. The third-order valence-electron chi connectivity index (χ3n) is 4.29. The van der Waals surface area contributed by atoms with E-state index in [1.165, 1.54) is 5.56 Å². The normalized spacial score (nSPS) is 10.8. The van der Waals surface area contributed by atoms with Crippen molar-refractivity contribution in [1.29, 1.82) is 0 Å². The molecule has 0 heterocycles. The third-order valence-corrected chi connectivity index (χ3v) is 4.29. The van der Waals surface area contributed by atoms with Gasteiger partial charge < -0.3 is 25.3 Å². The van der Waals surface area contributed by atoms with Gasteiger partial charge in [0.15, 0.2) is 17.5 Å². The van der Waals surface area contributed by atoms with Gasteiger partial charge in [-0.25, -0.2) is 0 Å². The first-order valence-electron chi connectivity index (χ1n) is 9.56. The molecule has 0 radical (unpaired) electrons. The van der Waals surface area contributed by atoms with Gasteiger partial charge in [0.25, 0.3) is 0 Å². The summed E-state index contributed by atoms with van der Waals surface area (Å²) < 4.78 is 16.3. The number of halogens is 1. The van der Waals surface area contributed by atoms with Crippen LogP contribution in [-0.4, -0.2) is 39.9 Å². The maximum atomic E-state index is 5.92. The predicted molar refractivity (Wildman–Crippen MR) is 129 cm³/mol. The van der Waals surface area contributed by atoms with Gasteiger partial charge in [-0.3, -0.25) is 4.99 Å². The molecule has 0 aliphatic carbocycles. The standard InChI is InChI=1S/C22H31N3O3.HI/c1-17-6-9-19(10-7-17)28-15-5-4-13-24-22(23)25-14-12-18-8-11-20(26-2)21(16-18)27-3;/h6-11,16H,4-5,12-15H2,1-3H3,(H3,23,24,25);1H. The Labute approximate surface area is 190 Å². The molecule has 2 rings (SSSR count). The largest absolute Gasteiger partial charge is 0.494 e. The zero-order valence-corrected chi connectivity index (χ0v) is 19.8. The Morgan fingerprint density at radius 3 is 2.41 bits per heavy atom. The fourth-order valence-electron chi connectivity index (χ4n) is 2.66. The number of guanidine groups is 1. The second-order valence-corrected chi connectivity index (χ2v) is 6.50. The lowest BCUT2D eigenvalue weighted by atomic mass is 10.1. The van der Waals surface area contributed by atoms with Crippen molar-refractivity contribution in [3.05, 3.63) is 53.6 Å². The van der Waals surface area contributed by atoms with E-state index >= 15 is 0 Å². The fraction of sp³-hybridized carbons (Fsp3) is 0.409. The number of nitrogens with one attached hydrogen (secondary N) is 1. The molecule has 0 aliphatic rings. The first kappa shape index (κ1) is 24.9. The van der Waals surface area contributed by atoms with E-state index in [1.54, 1.807) is 14.2 Å². The Morgan fingerprint density at radius 1 is 1.00 bits per heavy atom. The van der Waals surface area contributed by atoms with E-state index in [0.29, 0.717) is 25.7 Å². The average Bonchev–Trinajstić information content (AvgIpc) is 2.71. The van der Waals surface area contributed by atoms with Gasteiger partial charge >= 0.3 is 0 Å². The maximum absolute atomic E-state index is 5.92. The number of methoxy groups -OCH3 is 2. The van der Waals surface area contributed by atoms with Crippen LogP contribution in [0, 0.1) is 6.92 Å². The molecule has 0 amide bonds. The lowest BCUT2D eigenvalue weighted by molar-refractivity contribution is 0.308. The van der Waals surface area contributed by atoms with Crippen molar-refractivity contribution in [2.45, 2.75) is 26.2 Å². The van der Waals surface area contributed by atoms with E-state index < -0.39 is 0 Å². The Bertz CT molecular complexity index is 751. The van der Waals surface area contributed by atoms with Gasteiger partial charge in [-0.15, -0.1) is 24.0 Å². The van der Waals surface area contributed by atoms with Gasteiger partial charge in [-0.2, -0.15) is 0 Å². The Morgan fingerprint density at radius 2 is 1.72 bits per heavy atom. The minimum absolute atomic E-state index is 0. The molecule has 0 bridgehead atoms. The van der Waals surface area contributed by atoms with E-state index in [4.69, 9.17) is 19.9 Å². The zero-order chi connectivity index (χ0) is 20.2. The molecular formula is C22H32IN3O3. The van der Waals surface area contributed by atoms with Crippen LogP contribution in [0.25, 0.3) is 0 Å². The van der Waals surface area contributed by atoms with Crippen molar-refractivity contribution in [3.8, 4) is 17.2 Å². The number of nitrogens with two attached hydrogens (primary N) is 1. The van der Waals surface area contributed by atoms with Gasteiger partial charge in [0, 0.05) is 13.1 Å². The van der Waals surface area contributed by atoms with Gasteiger partial charge in [0.2, 0.25) is 0 Å². The molecular weight excluding hydrogens is 481 g/mol. The molecule has 7 heteroatoms. The summed E-state index contributed by atoms with van der Waals surface area (Å²) in [6, 6.07) is 14.0. The molecule has 0 fully saturated rings. The smallest absolute Gasteiger partial charge is 0.188 e. The first-order valence-corrected chi connectivity index (χ1v) is 9.56. The van der Waals surface area contributed by atoms with Crippen molar-refractivity contribution in [3.63, 3.8) is 0 Å². The average molecular weight is 513 g/mol. The van der Waals surface area contributed by atoms with E-state index in [2.05, 4.69) is 17.2 Å². The minimum atomic E-state index is 0. The highest BCUT2D eigenvalue weighted by Gasteiger charge is 2.04. The van der Waals surface area contributed by atoms with Gasteiger partial charge in [-0.05, 0) is 56.0 Å². The van der Waals surface area contributed by atoms with Crippen LogP contribution in [0.4, 0.5) is 0 Å². The molecule has 160 valence electrons. The van der Waals surface area contributed by atoms with E-state index in [-0.39, 0.29) is 24.0 Å². The van der Waals surface area contributed by atoms with Crippen LogP contribution >= 0.6 is 24.0 Å². The number of unbranched alkanes of at least 4 members (excludes halogenated alkanes) is 1. The predicted octanol–water partition coefficient (Wildman–Crippen LogP) is 3.94. The molecule has 0 aliphatic heterocycles. The topological polar surface area (TPSA) is 78.1 Å². The Hall–Kier alpha value is -2.16. The number of aliphatic imine (C=N–C) groups is 1. The monoisotopic (exact) mass is 513 g/mol. The summed E-state index contributed by atoms with van der Waals surface area (Å²) in [5.74, 6) is 2.84. The fourth-order valence-corrected chi connectivity index (χ4v) is 2.66. The number of hydrogen-bond donors (Lipinski definition) is 2. The summed E-state index contributed by atoms with van der Waals surface area (Å²) in [7, 11) is 3.27. The maximum Gasteiger partial charge on any atom is 0.188 e. The van der Waals surface area contributed by atoms with Crippen molar-refractivity contribution in [1.82, 2.24) is 5.32 Å². The number of benzene rings is 2. The summed E-state index contributed by atoms with van der Waals surface area (Å²) in [6.07, 6.45) is 2.70. The van der Waals surface area contributed by atoms with Crippen molar-refractivity contribution < 1.29 is 14.2 Å². The van der Waals surface area contributed by atoms with Gasteiger partial charge in [0.1, 0.15) is 5.75 Å². The van der Waals surface area contributed by atoms with Gasteiger partial charge in [-0.1, -0.05) is 23.8 Å². The molecule has 0 unspecified atom stereocenters. The second kappa shape index (κ2) is 13.9. The first-order chi connectivity index (χ1) is 13.6. The third kappa shape index (κ3) is 9.25. The lowest BCUT2D eigenvalue weighted by Crippen LogP contribution is -2.33. The van der Waals surface area contributed by atoms with Gasteiger partial charge in [0.05, 0.1) is 20.8 Å². The van der Waals surface area contributed by atoms with Crippen LogP contribution in [0.1, 0.15) is 24.0 Å². The molecule has 2 aromatic carbocycles. The van der Waals surface area contributed by atoms with Crippen LogP contribution in [0.15, 0.2) is 47.5 Å². The molecule has 6 nitrogen and oxygen atoms in total. The molecule has 0 aromatic heterocycles. The Balaban J connectivity index is 0.00000420. The summed E-state index contributed by atoms with van der Waals surface area (Å²) in [5.41, 5.74) is 8.30. The highest BCUT2D eigenvalue weighted by atomic mass is 127. The van der Waals surface area contributed by atoms with Crippen LogP contribution in [0.3, 0.4) is 0 Å². The van der Waals surface area contributed by atoms with Crippen molar-refractivity contribution >= 4 is 29.9 Å². The molecule has 0 atom stereocenters. The summed E-state index contributed by atoms with van der Waals surface area (Å²) >= 11 is 0. The molecule has 0 saturated carbocycles. The van der Waals surface area contributed by atoms with Crippen molar-refractivity contribution in [2.75, 3.05) is 33.9 Å². The molecule has 3 N–H and O–H groups in total. The van der Waals surface area contributed by atoms with E-state index in [9.17, 15) is 0 Å². The molecule has 0 spiro atoms. The molecule has 2 aromatic rings. The number of rotatable bonds is 11. The summed E-state index contributed by atoms with van der Waals surface area (Å²) in [6.45, 7) is 4.15. The zero-order valence-electron chi connectivity index (χ0n) is 17.4. The summed E-state index contributed by atoms with van der Waals surface area (Å²) in [4.78, 5) is 4.36. The lowest BCUT2D eigenvalue weighted by Gasteiger charge is -2.10. The minimum Gasteiger partial charge on any atom is -0.494 e. The van der Waals surface area contributed by atoms with Crippen molar-refractivity contribution in [2.24, 2.45) is 10.7 Å². The molecule has 0 saturated heterocycles. The van der Waals surface area contributed by atoms with E-state index in [1.807, 2.05) is 42.5 Å². The summed E-state index contributed by atoms with van der Waals surface area (Å²) in [5, 5.41) is 3.14. The highest BCUT2D eigenvalue weighted by molar-refractivity contribution is 14.0. The van der Waals surface area contributed by atoms with Crippen LogP contribution in [-0.2, 0) is 6.42 Å². The quantitative estimate of drug-likeness (QED) is 0.206. The number of ether oxygens (including phenoxy) is 3. The highest BCUT2D eigenvalue weighted by Crippen LogP contribution is 2.27. The number of aryl methyl sites for hydroxylation is 1. The Kier molecular flexibility index (Phi) is 11.9. The van der Waals surface area contributed by atoms with E-state index in [0.717, 1.165) is 42.1 Å². The van der Waals surface area contributed by atoms with Crippen LogP contribution < -0.4 is 25.3 Å². The van der Waals surface area contributed by atoms with Crippen LogP contribution in [0.5, 0.6) is 17.2 Å². The molecule has 29 heavy (non-hydrogen) atoms. The van der Waals surface area contributed by atoms with Crippen LogP contribution in [0.2, 0.25) is 0 Å².